The minimum absolute atomic E-state index is 0.166. The van der Waals surface area contributed by atoms with Gasteiger partial charge in [-0.1, -0.05) is 12.1 Å². The Morgan fingerprint density at radius 3 is 2.29 bits per heavy atom. The molecule has 0 aliphatic carbocycles. The van der Waals surface area contributed by atoms with Gasteiger partial charge in [-0.25, -0.2) is 0 Å². The van der Waals surface area contributed by atoms with Crippen LogP contribution in [-0.4, -0.2) is 67.2 Å². The van der Waals surface area contributed by atoms with Crippen molar-refractivity contribution in [2.45, 2.75) is 13.5 Å². The number of anilines is 1. The number of phenols is 1. The SMILES string of the molecule is CCOc1ccc(CN(C)CC(=O)N2CCN(c3ccc(O)cc3)CC2)cc1. The lowest BCUT2D eigenvalue weighted by molar-refractivity contribution is -0.132. The summed E-state index contributed by atoms with van der Waals surface area (Å²) in [6.45, 7) is 6.81. The van der Waals surface area contributed by atoms with Crippen molar-refractivity contribution in [3.63, 3.8) is 0 Å². The second kappa shape index (κ2) is 9.46. The Labute approximate surface area is 166 Å². The summed E-state index contributed by atoms with van der Waals surface area (Å²) in [5.41, 5.74) is 2.24. The van der Waals surface area contributed by atoms with Crippen LogP contribution in [0, 0.1) is 0 Å². The van der Waals surface area contributed by atoms with Crippen LogP contribution in [0.25, 0.3) is 0 Å². The Morgan fingerprint density at radius 1 is 1.04 bits per heavy atom. The van der Waals surface area contributed by atoms with Crippen LogP contribution in [-0.2, 0) is 11.3 Å². The lowest BCUT2D eigenvalue weighted by atomic mass is 10.2. The van der Waals surface area contributed by atoms with E-state index in [9.17, 15) is 9.90 Å². The van der Waals surface area contributed by atoms with E-state index in [0.29, 0.717) is 13.2 Å². The van der Waals surface area contributed by atoms with Gasteiger partial charge in [0.2, 0.25) is 5.91 Å². The Hall–Kier alpha value is -2.73. The largest absolute Gasteiger partial charge is 0.508 e. The van der Waals surface area contributed by atoms with Crippen molar-refractivity contribution in [2.24, 2.45) is 0 Å². The zero-order valence-electron chi connectivity index (χ0n) is 16.7. The van der Waals surface area contributed by atoms with E-state index >= 15 is 0 Å². The molecule has 1 amide bonds. The maximum absolute atomic E-state index is 12.6. The molecule has 0 atom stereocenters. The van der Waals surface area contributed by atoms with Crippen molar-refractivity contribution in [1.82, 2.24) is 9.80 Å². The summed E-state index contributed by atoms with van der Waals surface area (Å²) in [4.78, 5) is 18.9. The highest BCUT2D eigenvalue weighted by atomic mass is 16.5. The number of hydrogen-bond acceptors (Lipinski definition) is 5. The standard InChI is InChI=1S/C22H29N3O3/c1-3-28-21-10-4-18(5-11-21)16-23(2)17-22(27)25-14-12-24(13-15-25)19-6-8-20(26)9-7-19/h4-11,26H,3,12-17H2,1-2H3. The van der Waals surface area contributed by atoms with Crippen LogP contribution in [0.5, 0.6) is 11.5 Å². The second-order valence-corrected chi connectivity index (χ2v) is 7.13. The highest BCUT2D eigenvalue weighted by Crippen LogP contribution is 2.20. The molecule has 0 unspecified atom stereocenters. The summed E-state index contributed by atoms with van der Waals surface area (Å²) in [5, 5.41) is 9.41. The van der Waals surface area contributed by atoms with Gasteiger partial charge in [0, 0.05) is 38.4 Å². The van der Waals surface area contributed by atoms with Crippen LogP contribution < -0.4 is 9.64 Å². The lowest BCUT2D eigenvalue weighted by Gasteiger charge is -2.36. The molecule has 1 aliphatic heterocycles. The molecule has 3 rings (SSSR count). The fourth-order valence-corrected chi connectivity index (χ4v) is 3.43. The Balaban J connectivity index is 1.45. The van der Waals surface area contributed by atoms with E-state index < -0.39 is 0 Å². The van der Waals surface area contributed by atoms with E-state index in [1.54, 1.807) is 12.1 Å². The number of aromatic hydroxyl groups is 1. The number of amides is 1. The number of rotatable bonds is 7. The highest BCUT2D eigenvalue weighted by molar-refractivity contribution is 5.78. The highest BCUT2D eigenvalue weighted by Gasteiger charge is 2.22. The molecule has 0 saturated carbocycles. The topological polar surface area (TPSA) is 56.2 Å². The van der Waals surface area contributed by atoms with Crippen LogP contribution in [0.3, 0.4) is 0 Å². The third kappa shape index (κ3) is 5.39. The summed E-state index contributed by atoms with van der Waals surface area (Å²) in [7, 11) is 1.97. The van der Waals surface area contributed by atoms with Gasteiger partial charge in [0.1, 0.15) is 11.5 Å². The molecular weight excluding hydrogens is 354 g/mol. The number of carbonyl (C=O) groups is 1. The maximum atomic E-state index is 12.6. The fraction of sp³-hybridized carbons (Fsp3) is 0.409. The molecule has 0 radical (unpaired) electrons. The second-order valence-electron chi connectivity index (χ2n) is 7.13. The third-order valence-electron chi connectivity index (χ3n) is 4.94. The van der Waals surface area contributed by atoms with Gasteiger partial charge in [-0.05, 0) is 55.9 Å². The van der Waals surface area contributed by atoms with E-state index in [-0.39, 0.29) is 11.7 Å². The quantitative estimate of drug-likeness (QED) is 0.796. The Morgan fingerprint density at radius 2 is 1.68 bits per heavy atom. The summed E-state index contributed by atoms with van der Waals surface area (Å²) < 4.78 is 5.47. The van der Waals surface area contributed by atoms with Crippen molar-refractivity contribution < 1.29 is 14.6 Å². The molecule has 0 spiro atoms. The van der Waals surface area contributed by atoms with E-state index in [1.165, 1.54) is 0 Å². The molecule has 2 aromatic rings. The number of nitrogens with zero attached hydrogens (tertiary/aromatic N) is 3. The first-order chi connectivity index (χ1) is 13.5. The molecule has 6 heteroatoms. The minimum Gasteiger partial charge on any atom is -0.508 e. The van der Waals surface area contributed by atoms with Crippen molar-refractivity contribution >= 4 is 11.6 Å². The zero-order chi connectivity index (χ0) is 19.9. The summed E-state index contributed by atoms with van der Waals surface area (Å²) in [6, 6.07) is 15.2. The van der Waals surface area contributed by atoms with Gasteiger partial charge in [0.05, 0.1) is 13.2 Å². The van der Waals surface area contributed by atoms with Crippen molar-refractivity contribution in [3.05, 3.63) is 54.1 Å². The number of likely N-dealkylation sites (N-methyl/N-ethyl adjacent to an activating group) is 1. The molecule has 1 heterocycles. The van der Waals surface area contributed by atoms with Crippen LogP contribution >= 0.6 is 0 Å². The van der Waals surface area contributed by atoms with Crippen molar-refractivity contribution in [1.29, 1.82) is 0 Å². The van der Waals surface area contributed by atoms with Crippen LogP contribution in [0.2, 0.25) is 0 Å². The fourth-order valence-electron chi connectivity index (χ4n) is 3.43. The average Bonchev–Trinajstić information content (AvgIpc) is 2.70. The maximum Gasteiger partial charge on any atom is 0.236 e. The number of ether oxygens (including phenoxy) is 1. The number of carbonyl (C=O) groups excluding carboxylic acids is 1. The first-order valence-electron chi connectivity index (χ1n) is 9.77. The lowest BCUT2D eigenvalue weighted by Crippen LogP contribution is -2.51. The molecule has 1 N–H and O–H groups in total. The number of hydrogen-bond donors (Lipinski definition) is 1. The summed E-state index contributed by atoms with van der Waals surface area (Å²) >= 11 is 0. The molecule has 1 fully saturated rings. The van der Waals surface area contributed by atoms with Gasteiger partial charge >= 0.3 is 0 Å². The molecule has 6 nitrogen and oxygen atoms in total. The van der Waals surface area contributed by atoms with E-state index in [1.807, 2.05) is 60.2 Å². The molecule has 150 valence electrons. The predicted molar refractivity (Wildman–Crippen MR) is 111 cm³/mol. The number of benzene rings is 2. The van der Waals surface area contributed by atoms with Gasteiger partial charge in [-0.2, -0.15) is 0 Å². The van der Waals surface area contributed by atoms with Gasteiger partial charge in [0.15, 0.2) is 0 Å². The summed E-state index contributed by atoms with van der Waals surface area (Å²) in [6.07, 6.45) is 0. The first kappa shape index (κ1) is 20.0. The van der Waals surface area contributed by atoms with Gasteiger partial charge in [0.25, 0.3) is 0 Å². The molecule has 1 saturated heterocycles. The molecule has 0 aromatic heterocycles. The normalized spacial score (nSPS) is 14.4. The molecule has 28 heavy (non-hydrogen) atoms. The van der Waals surface area contributed by atoms with E-state index in [2.05, 4.69) is 4.90 Å². The Bertz CT molecular complexity index is 754. The molecular formula is C22H29N3O3. The van der Waals surface area contributed by atoms with E-state index in [4.69, 9.17) is 4.74 Å². The minimum atomic E-state index is 0.166. The predicted octanol–water partition coefficient (Wildman–Crippen LogP) is 2.57. The smallest absolute Gasteiger partial charge is 0.236 e. The monoisotopic (exact) mass is 383 g/mol. The molecule has 2 aromatic carbocycles. The first-order valence-corrected chi connectivity index (χ1v) is 9.77. The molecule has 0 bridgehead atoms. The van der Waals surface area contributed by atoms with Crippen LogP contribution in [0.4, 0.5) is 5.69 Å². The average molecular weight is 383 g/mol. The van der Waals surface area contributed by atoms with Gasteiger partial charge in [-0.3, -0.25) is 9.69 Å². The van der Waals surface area contributed by atoms with Crippen LogP contribution in [0.15, 0.2) is 48.5 Å². The van der Waals surface area contributed by atoms with Gasteiger partial charge < -0.3 is 19.6 Å². The number of phenolic OH excluding ortho intramolecular Hbond substituents is 1. The number of piperazine rings is 1. The van der Waals surface area contributed by atoms with Crippen molar-refractivity contribution in [2.75, 3.05) is 51.3 Å². The molecule has 1 aliphatic rings. The van der Waals surface area contributed by atoms with Gasteiger partial charge in [-0.15, -0.1) is 0 Å². The Kier molecular flexibility index (Phi) is 6.76. The zero-order valence-corrected chi connectivity index (χ0v) is 16.7. The van der Waals surface area contributed by atoms with Crippen molar-refractivity contribution in [3.8, 4) is 11.5 Å². The van der Waals surface area contributed by atoms with E-state index in [0.717, 1.165) is 49.7 Å². The third-order valence-corrected chi connectivity index (χ3v) is 4.94. The van der Waals surface area contributed by atoms with Crippen LogP contribution in [0.1, 0.15) is 12.5 Å². The summed E-state index contributed by atoms with van der Waals surface area (Å²) in [5.74, 6) is 1.31.